The largest absolute Gasteiger partial charge is 0.360 e. The fourth-order valence-corrected chi connectivity index (χ4v) is 2.95. The van der Waals surface area contributed by atoms with Crippen molar-refractivity contribution < 1.29 is 0 Å². The Morgan fingerprint density at radius 3 is 2.86 bits per heavy atom. The summed E-state index contributed by atoms with van der Waals surface area (Å²) in [5.74, 6) is 1.30. The van der Waals surface area contributed by atoms with Gasteiger partial charge in [0.05, 0.1) is 0 Å². The van der Waals surface area contributed by atoms with Crippen molar-refractivity contribution in [1.29, 1.82) is 0 Å². The Balaban J connectivity index is 2.15. The van der Waals surface area contributed by atoms with Gasteiger partial charge in [-0.05, 0) is 52.3 Å². The molecule has 0 aliphatic carbocycles. The molecular weight excluding hydrogens is 306 g/mol. The maximum Gasteiger partial charge on any atom is 0.232 e. The molecule has 5 nitrogen and oxygen atoms in total. The Labute approximate surface area is 136 Å². The number of hydrogen-bond donors (Lipinski definition) is 2. The zero-order chi connectivity index (χ0) is 15.4. The number of thiocarbonyl (C=S) groups is 1. The monoisotopic (exact) mass is 327 g/mol. The quantitative estimate of drug-likeness (QED) is 0.657. The third kappa shape index (κ3) is 4.68. The molecule has 1 saturated heterocycles. The molecular formula is C14H22ClN5S. The van der Waals surface area contributed by atoms with Crippen LogP contribution in [0.25, 0.3) is 0 Å². The first-order valence-electron chi connectivity index (χ1n) is 7.34. The summed E-state index contributed by atoms with van der Waals surface area (Å²) < 4.78 is 0. The number of nitrogens with zero attached hydrogens (tertiary/aromatic N) is 3. The van der Waals surface area contributed by atoms with E-state index in [1.54, 1.807) is 0 Å². The molecule has 0 unspecified atom stereocenters. The third-order valence-corrected chi connectivity index (χ3v) is 3.84. The average molecular weight is 328 g/mol. The van der Waals surface area contributed by atoms with Gasteiger partial charge in [0.1, 0.15) is 11.0 Å². The fourth-order valence-electron chi connectivity index (χ4n) is 2.45. The Bertz CT molecular complexity index is 508. The van der Waals surface area contributed by atoms with E-state index in [0.29, 0.717) is 22.3 Å². The first kappa shape index (κ1) is 16.2. The molecule has 2 N–H and O–H groups in total. The van der Waals surface area contributed by atoms with E-state index in [9.17, 15) is 0 Å². The molecule has 21 heavy (non-hydrogen) atoms. The van der Waals surface area contributed by atoms with Gasteiger partial charge in [-0.2, -0.15) is 4.98 Å². The first-order chi connectivity index (χ1) is 9.95. The number of rotatable bonds is 3. The van der Waals surface area contributed by atoms with Gasteiger partial charge >= 0.3 is 0 Å². The van der Waals surface area contributed by atoms with Crippen LogP contribution in [0.1, 0.15) is 40.0 Å². The Morgan fingerprint density at radius 2 is 2.19 bits per heavy atom. The Morgan fingerprint density at radius 1 is 1.43 bits per heavy atom. The summed E-state index contributed by atoms with van der Waals surface area (Å²) in [6, 6.07) is 2.54. The first-order valence-corrected chi connectivity index (χ1v) is 8.13. The number of piperidine rings is 1. The second kappa shape index (κ2) is 7.22. The van der Waals surface area contributed by atoms with E-state index in [1.165, 1.54) is 19.3 Å². The summed E-state index contributed by atoms with van der Waals surface area (Å²) in [4.78, 5) is 11.0. The van der Waals surface area contributed by atoms with Crippen molar-refractivity contribution in [3.8, 4) is 0 Å². The fraction of sp³-hybridized carbons (Fsp3) is 0.643. The zero-order valence-electron chi connectivity index (χ0n) is 12.7. The highest BCUT2D eigenvalue weighted by atomic mass is 35.5. The van der Waals surface area contributed by atoms with Gasteiger partial charge in [0, 0.05) is 24.7 Å². The van der Waals surface area contributed by atoms with Crippen LogP contribution in [-0.2, 0) is 0 Å². The van der Waals surface area contributed by atoms with Crippen molar-refractivity contribution in [3.63, 3.8) is 0 Å². The van der Waals surface area contributed by atoms with Crippen LogP contribution in [0.2, 0.25) is 5.15 Å². The lowest BCUT2D eigenvalue weighted by atomic mass is 10.0. The molecule has 0 spiro atoms. The van der Waals surface area contributed by atoms with Crippen LogP contribution < -0.4 is 15.5 Å². The van der Waals surface area contributed by atoms with E-state index in [-0.39, 0.29) is 6.04 Å². The summed E-state index contributed by atoms with van der Waals surface area (Å²) in [6.45, 7) is 7.26. The maximum atomic E-state index is 6.12. The van der Waals surface area contributed by atoms with Gasteiger partial charge in [-0.15, -0.1) is 0 Å². The summed E-state index contributed by atoms with van der Waals surface area (Å²) in [7, 11) is 0. The Kier molecular flexibility index (Phi) is 5.58. The summed E-state index contributed by atoms with van der Waals surface area (Å²) in [5.41, 5.74) is 0. The van der Waals surface area contributed by atoms with Gasteiger partial charge in [-0.3, -0.25) is 0 Å². The highest BCUT2D eigenvalue weighted by Crippen LogP contribution is 2.25. The minimum atomic E-state index is 0.255. The summed E-state index contributed by atoms with van der Waals surface area (Å²) in [6.07, 6.45) is 3.63. The topological polar surface area (TPSA) is 53.1 Å². The molecule has 1 aromatic rings. The van der Waals surface area contributed by atoms with E-state index in [1.807, 2.05) is 19.9 Å². The molecule has 0 radical (unpaired) electrons. The van der Waals surface area contributed by atoms with Crippen molar-refractivity contribution >= 4 is 40.7 Å². The number of halogens is 1. The molecule has 0 saturated carbocycles. The van der Waals surface area contributed by atoms with Crippen LogP contribution >= 0.6 is 23.8 Å². The van der Waals surface area contributed by atoms with Crippen molar-refractivity contribution in [2.75, 3.05) is 16.8 Å². The molecule has 0 aromatic carbocycles. The third-order valence-electron chi connectivity index (χ3n) is 3.42. The van der Waals surface area contributed by atoms with E-state index < -0.39 is 0 Å². The lowest BCUT2D eigenvalue weighted by Gasteiger charge is -2.34. The molecule has 0 amide bonds. The lowest BCUT2D eigenvalue weighted by Crippen LogP contribution is -2.38. The summed E-state index contributed by atoms with van der Waals surface area (Å²) in [5, 5.41) is 7.03. The van der Waals surface area contributed by atoms with Crippen LogP contribution in [-0.4, -0.2) is 33.7 Å². The van der Waals surface area contributed by atoms with Crippen molar-refractivity contribution in [2.24, 2.45) is 0 Å². The second-order valence-corrected chi connectivity index (χ2v) is 6.46. The van der Waals surface area contributed by atoms with E-state index in [4.69, 9.17) is 23.8 Å². The molecule has 1 fully saturated rings. The highest BCUT2D eigenvalue weighted by Gasteiger charge is 2.20. The van der Waals surface area contributed by atoms with Crippen LogP contribution in [0.15, 0.2) is 6.07 Å². The molecule has 0 bridgehead atoms. The maximum absolute atomic E-state index is 6.12. The highest BCUT2D eigenvalue weighted by molar-refractivity contribution is 7.80. The van der Waals surface area contributed by atoms with Gasteiger partial charge in [0.15, 0.2) is 5.11 Å². The predicted molar refractivity (Wildman–Crippen MR) is 92.2 cm³/mol. The lowest BCUT2D eigenvalue weighted by molar-refractivity contribution is 0.481. The van der Waals surface area contributed by atoms with Crippen molar-refractivity contribution in [1.82, 2.24) is 15.3 Å². The molecule has 1 aliphatic heterocycles. The van der Waals surface area contributed by atoms with Crippen LogP contribution in [0.5, 0.6) is 0 Å². The average Bonchev–Trinajstić information content (AvgIpc) is 2.37. The van der Waals surface area contributed by atoms with Gasteiger partial charge in [-0.1, -0.05) is 11.6 Å². The van der Waals surface area contributed by atoms with Crippen LogP contribution in [0.3, 0.4) is 0 Å². The molecule has 1 atom stereocenters. The van der Waals surface area contributed by atoms with Gasteiger partial charge < -0.3 is 15.5 Å². The number of aromatic nitrogens is 2. The number of anilines is 2. The van der Waals surface area contributed by atoms with E-state index in [2.05, 4.69) is 32.4 Å². The second-order valence-electron chi connectivity index (χ2n) is 5.66. The van der Waals surface area contributed by atoms with E-state index >= 15 is 0 Å². The standard InChI is InChI=1S/C14H22ClN5S/c1-9(2)16-14(21)19-13-17-11(15)8-12(18-13)20-7-5-4-6-10(20)3/h8-10H,4-7H2,1-3H3,(H2,16,17,18,19,21)/t10-/m0/s1. The van der Waals surface area contributed by atoms with Gasteiger partial charge in [0.2, 0.25) is 5.95 Å². The summed E-state index contributed by atoms with van der Waals surface area (Å²) >= 11 is 11.3. The van der Waals surface area contributed by atoms with E-state index in [0.717, 1.165) is 12.4 Å². The minimum absolute atomic E-state index is 0.255. The Hall–Kier alpha value is -1.14. The molecule has 2 rings (SSSR count). The molecule has 1 aliphatic rings. The zero-order valence-corrected chi connectivity index (χ0v) is 14.3. The van der Waals surface area contributed by atoms with Crippen LogP contribution in [0, 0.1) is 0 Å². The number of nitrogens with one attached hydrogen (secondary N) is 2. The molecule has 1 aromatic heterocycles. The normalized spacial score (nSPS) is 18.7. The van der Waals surface area contributed by atoms with Crippen LogP contribution in [0.4, 0.5) is 11.8 Å². The molecule has 2 heterocycles. The molecule has 116 valence electrons. The van der Waals surface area contributed by atoms with Gasteiger partial charge in [-0.25, -0.2) is 4.98 Å². The smallest absolute Gasteiger partial charge is 0.232 e. The van der Waals surface area contributed by atoms with Crippen molar-refractivity contribution in [2.45, 2.75) is 52.1 Å². The number of hydrogen-bond acceptors (Lipinski definition) is 4. The van der Waals surface area contributed by atoms with Gasteiger partial charge in [0.25, 0.3) is 0 Å². The van der Waals surface area contributed by atoms with Crippen molar-refractivity contribution in [3.05, 3.63) is 11.2 Å². The minimum Gasteiger partial charge on any atom is -0.360 e. The SMILES string of the molecule is CC(C)NC(=S)Nc1nc(Cl)cc(N2CCCC[C@@H]2C)n1. The predicted octanol–water partition coefficient (Wildman–Crippen LogP) is 3.20. The molecule has 7 heteroatoms.